The molecule has 77 valence electrons. The highest BCUT2D eigenvalue weighted by molar-refractivity contribution is 6.32. The van der Waals surface area contributed by atoms with Gasteiger partial charge in [0.15, 0.2) is 0 Å². The van der Waals surface area contributed by atoms with Crippen LogP contribution in [0.15, 0.2) is 18.2 Å². The number of halogens is 1. The third kappa shape index (κ3) is 2.75. The van der Waals surface area contributed by atoms with E-state index in [0.29, 0.717) is 0 Å². The molecule has 0 amide bonds. The van der Waals surface area contributed by atoms with Crippen LogP contribution in [0.3, 0.4) is 0 Å². The van der Waals surface area contributed by atoms with E-state index >= 15 is 0 Å². The van der Waals surface area contributed by atoms with Crippen molar-refractivity contribution in [2.75, 3.05) is 0 Å². The summed E-state index contributed by atoms with van der Waals surface area (Å²) in [5.74, 6) is 1.40. The Morgan fingerprint density at radius 1 is 1.36 bits per heavy atom. The predicted molar refractivity (Wildman–Crippen MR) is 63.7 cm³/mol. The molecule has 14 heavy (non-hydrogen) atoms. The second kappa shape index (κ2) is 5.41. The van der Waals surface area contributed by atoms with E-state index in [1.54, 1.807) is 0 Å². The molecule has 0 atom stereocenters. The number of unbranched alkanes of at least 4 members (excludes halogenated alkanes) is 1. The van der Waals surface area contributed by atoms with E-state index in [1.165, 1.54) is 29.9 Å². The molecule has 0 aliphatic heterocycles. The Morgan fingerprint density at radius 3 is 2.71 bits per heavy atom. The van der Waals surface area contributed by atoms with Gasteiger partial charge in [0.05, 0.1) is 0 Å². The Balaban J connectivity index is 2.79. The first-order valence-electron chi connectivity index (χ1n) is 5.24. The summed E-state index contributed by atoms with van der Waals surface area (Å²) in [7, 11) is 0. The number of hydrogen-bond donors (Lipinski definition) is 0. The van der Waals surface area contributed by atoms with Gasteiger partial charge >= 0.3 is 0 Å². The van der Waals surface area contributed by atoms with E-state index in [0.717, 1.165) is 11.4 Å². The molecule has 0 unspecified atom stereocenters. The van der Waals surface area contributed by atoms with Gasteiger partial charge in [0.1, 0.15) is 0 Å². The van der Waals surface area contributed by atoms with Gasteiger partial charge in [-0.2, -0.15) is 0 Å². The van der Waals surface area contributed by atoms with Gasteiger partial charge in [0.25, 0.3) is 0 Å². The molecule has 0 aliphatic carbocycles. The molecule has 0 heterocycles. The average Bonchev–Trinajstić information content (AvgIpc) is 2.18. The lowest BCUT2D eigenvalue weighted by Gasteiger charge is -2.13. The first kappa shape index (κ1) is 11.6. The molecule has 0 spiro atoms. The molecule has 0 fully saturated rings. The molecule has 0 saturated carbocycles. The zero-order valence-corrected chi connectivity index (χ0v) is 9.99. The Morgan fingerprint density at radius 2 is 2.07 bits per heavy atom. The third-order valence-electron chi connectivity index (χ3n) is 2.56. The van der Waals surface area contributed by atoms with Crippen molar-refractivity contribution in [3.63, 3.8) is 0 Å². The largest absolute Gasteiger partial charge is 0.0837 e. The van der Waals surface area contributed by atoms with Crippen LogP contribution in [0.25, 0.3) is 0 Å². The lowest BCUT2D eigenvalue weighted by atomic mass is 9.94. The van der Waals surface area contributed by atoms with Crippen LogP contribution in [0.4, 0.5) is 0 Å². The molecule has 0 aliphatic rings. The van der Waals surface area contributed by atoms with E-state index in [-0.39, 0.29) is 0 Å². The monoisotopic (exact) mass is 209 g/mol. The summed E-state index contributed by atoms with van der Waals surface area (Å²) in [6.07, 6.45) is 3.64. The van der Waals surface area contributed by atoms with Crippen molar-refractivity contribution < 1.29 is 0 Å². The number of benzene rings is 1. The summed E-state index contributed by atoms with van der Waals surface area (Å²) in [6, 6.07) is 6.24. The molecular weight excluding hydrogens is 192 g/mol. The molecule has 1 heteroatoms. The zero-order valence-electron chi connectivity index (χ0n) is 9.23. The van der Waals surface area contributed by atoms with Crippen LogP contribution in [0.2, 0.25) is 5.02 Å². The third-order valence-corrected chi connectivity index (χ3v) is 3.06. The smallest absolute Gasteiger partial charge is 0.0473 e. The van der Waals surface area contributed by atoms with E-state index in [1.807, 2.05) is 0 Å². The molecule has 1 aromatic carbocycles. The van der Waals surface area contributed by atoms with E-state index < -0.39 is 0 Å². The molecule has 1 radical (unpaired) electrons. The van der Waals surface area contributed by atoms with Crippen molar-refractivity contribution in [2.24, 2.45) is 0 Å². The van der Waals surface area contributed by atoms with Crippen LogP contribution < -0.4 is 0 Å². The quantitative estimate of drug-likeness (QED) is 0.670. The van der Waals surface area contributed by atoms with Crippen LogP contribution in [-0.2, 0) is 0 Å². The number of rotatable bonds is 4. The van der Waals surface area contributed by atoms with Crippen molar-refractivity contribution in [2.45, 2.75) is 40.0 Å². The van der Waals surface area contributed by atoms with Crippen LogP contribution >= 0.6 is 11.6 Å². The highest BCUT2D eigenvalue weighted by Crippen LogP contribution is 2.29. The number of aryl methyl sites for hydroxylation is 1. The fourth-order valence-electron chi connectivity index (χ4n) is 1.55. The van der Waals surface area contributed by atoms with Gasteiger partial charge in [-0.05, 0) is 24.5 Å². The summed E-state index contributed by atoms with van der Waals surface area (Å²) < 4.78 is 0. The van der Waals surface area contributed by atoms with Gasteiger partial charge in [-0.25, -0.2) is 0 Å². The fourth-order valence-corrected chi connectivity index (χ4v) is 1.84. The lowest BCUT2D eigenvalue weighted by molar-refractivity contribution is 0.743. The second-order valence-electron chi connectivity index (χ2n) is 3.82. The molecule has 0 saturated heterocycles. The van der Waals surface area contributed by atoms with Gasteiger partial charge in [-0.3, -0.25) is 0 Å². The Hall–Kier alpha value is -0.490. The SMILES string of the molecule is CCCC[C](C)c1cccc(C)c1Cl. The van der Waals surface area contributed by atoms with Gasteiger partial charge in [0.2, 0.25) is 0 Å². The first-order chi connectivity index (χ1) is 6.66. The van der Waals surface area contributed by atoms with Crippen LogP contribution in [0.5, 0.6) is 0 Å². The summed E-state index contributed by atoms with van der Waals surface area (Å²) in [5.41, 5.74) is 2.39. The highest BCUT2D eigenvalue weighted by Gasteiger charge is 2.10. The topological polar surface area (TPSA) is 0 Å². The highest BCUT2D eigenvalue weighted by atomic mass is 35.5. The van der Waals surface area contributed by atoms with Gasteiger partial charge in [-0.15, -0.1) is 0 Å². The second-order valence-corrected chi connectivity index (χ2v) is 4.20. The molecule has 1 rings (SSSR count). The standard InChI is InChI=1S/C13H18Cl/c1-4-5-7-10(2)12-9-6-8-11(3)13(12)14/h6,8-9H,4-5,7H2,1-3H3. The zero-order chi connectivity index (χ0) is 10.6. The van der Waals surface area contributed by atoms with Crippen molar-refractivity contribution in [1.29, 1.82) is 0 Å². The maximum absolute atomic E-state index is 6.25. The van der Waals surface area contributed by atoms with Crippen molar-refractivity contribution >= 4 is 11.6 Å². The van der Waals surface area contributed by atoms with Gasteiger partial charge < -0.3 is 0 Å². The predicted octanol–water partition coefficient (Wildman–Crippen LogP) is 4.78. The van der Waals surface area contributed by atoms with Gasteiger partial charge in [-0.1, -0.05) is 56.5 Å². The Kier molecular flexibility index (Phi) is 4.47. The van der Waals surface area contributed by atoms with Crippen LogP contribution in [0.1, 0.15) is 44.2 Å². The van der Waals surface area contributed by atoms with Crippen LogP contribution in [-0.4, -0.2) is 0 Å². The van der Waals surface area contributed by atoms with Crippen molar-refractivity contribution in [3.8, 4) is 0 Å². The average molecular weight is 210 g/mol. The van der Waals surface area contributed by atoms with Crippen molar-refractivity contribution in [1.82, 2.24) is 0 Å². The van der Waals surface area contributed by atoms with Crippen LogP contribution in [0, 0.1) is 12.8 Å². The minimum Gasteiger partial charge on any atom is -0.0837 e. The Labute approximate surface area is 92.3 Å². The fraction of sp³-hybridized carbons (Fsp3) is 0.462. The summed E-state index contributed by atoms with van der Waals surface area (Å²) in [6.45, 7) is 6.44. The minimum absolute atomic E-state index is 0.918. The molecule has 0 nitrogen and oxygen atoms in total. The molecule has 0 aromatic heterocycles. The van der Waals surface area contributed by atoms with Gasteiger partial charge in [0, 0.05) is 10.9 Å². The minimum atomic E-state index is 0.918. The molecule has 0 N–H and O–H groups in total. The summed E-state index contributed by atoms with van der Waals surface area (Å²) >= 11 is 6.25. The summed E-state index contributed by atoms with van der Waals surface area (Å²) in [4.78, 5) is 0. The first-order valence-corrected chi connectivity index (χ1v) is 5.62. The molecule has 1 aromatic rings. The van der Waals surface area contributed by atoms with E-state index in [9.17, 15) is 0 Å². The number of hydrogen-bond acceptors (Lipinski definition) is 0. The normalized spacial score (nSPS) is 10.9. The molecular formula is C13H18Cl. The summed E-state index contributed by atoms with van der Waals surface area (Å²) in [5, 5.41) is 0.918. The lowest BCUT2D eigenvalue weighted by Crippen LogP contribution is -1.96. The maximum Gasteiger partial charge on any atom is 0.0473 e. The van der Waals surface area contributed by atoms with E-state index in [2.05, 4.69) is 39.0 Å². The maximum atomic E-state index is 6.25. The Bertz CT molecular complexity index is 291. The molecule has 0 bridgehead atoms. The van der Waals surface area contributed by atoms with Crippen molar-refractivity contribution in [3.05, 3.63) is 40.3 Å². The van der Waals surface area contributed by atoms with E-state index in [4.69, 9.17) is 11.6 Å².